The molecule has 1 amide bonds. The van der Waals surface area contributed by atoms with Crippen molar-refractivity contribution in [3.05, 3.63) is 59.2 Å². The number of aryl methyl sites for hydroxylation is 1. The maximum Gasteiger partial charge on any atom is 0.437 e. The zero-order valence-corrected chi connectivity index (χ0v) is 13.1. The molecule has 0 saturated heterocycles. The molecule has 2 aromatic carbocycles. The summed E-state index contributed by atoms with van der Waals surface area (Å²) >= 11 is 0. The van der Waals surface area contributed by atoms with Crippen molar-refractivity contribution < 1.29 is 14.4 Å². The van der Waals surface area contributed by atoms with Gasteiger partial charge in [-0.15, -0.1) is 0 Å². The predicted octanol–water partition coefficient (Wildman–Crippen LogP) is 3.90. The Bertz CT molecular complexity index is 769. The number of amides is 1. The summed E-state index contributed by atoms with van der Waals surface area (Å²) < 4.78 is 5.47. The number of carbonyl (C=O) groups excluding carboxylic acids is 1. The van der Waals surface area contributed by atoms with Crippen molar-refractivity contribution in [2.45, 2.75) is 20.3 Å². The van der Waals surface area contributed by atoms with Gasteiger partial charge in [0.1, 0.15) is 5.75 Å². The lowest BCUT2D eigenvalue weighted by molar-refractivity contribution is 0.166. The summed E-state index contributed by atoms with van der Waals surface area (Å²) in [6.07, 6.45) is 0.282. The van der Waals surface area contributed by atoms with Gasteiger partial charge in [-0.1, -0.05) is 17.3 Å². The van der Waals surface area contributed by atoms with Crippen LogP contribution in [0.15, 0.2) is 47.6 Å². The lowest BCUT2D eigenvalue weighted by atomic mass is 10.1. The molecular formula is C18H18N2O3. The van der Waals surface area contributed by atoms with E-state index >= 15 is 0 Å². The fourth-order valence-electron chi connectivity index (χ4n) is 2.44. The first-order chi connectivity index (χ1) is 11.1. The zero-order chi connectivity index (χ0) is 16.2. The second kappa shape index (κ2) is 6.52. The normalized spacial score (nSPS) is 13.2. The van der Waals surface area contributed by atoms with Crippen molar-refractivity contribution >= 4 is 17.5 Å². The predicted molar refractivity (Wildman–Crippen MR) is 89.1 cm³/mol. The minimum absolute atomic E-state index is 0.612. The maximum atomic E-state index is 11.8. The summed E-state index contributed by atoms with van der Waals surface area (Å²) in [5, 5.41) is 6.55. The van der Waals surface area contributed by atoms with E-state index in [9.17, 15) is 4.79 Å². The van der Waals surface area contributed by atoms with E-state index in [2.05, 4.69) is 10.5 Å². The number of oxime groups is 1. The number of anilines is 1. The molecule has 1 N–H and O–H groups in total. The second-order valence-corrected chi connectivity index (χ2v) is 5.47. The van der Waals surface area contributed by atoms with E-state index in [1.807, 2.05) is 43.3 Å². The molecule has 1 heterocycles. The van der Waals surface area contributed by atoms with Gasteiger partial charge in [0, 0.05) is 12.1 Å². The maximum absolute atomic E-state index is 11.8. The summed E-state index contributed by atoms with van der Waals surface area (Å²) in [7, 11) is 0. The smallest absolute Gasteiger partial charge is 0.437 e. The number of hydrogen-bond donors (Lipinski definition) is 1. The molecule has 0 saturated carbocycles. The molecule has 0 aliphatic carbocycles. The van der Waals surface area contributed by atoms with Crippen LogP contribution in [0.25, 0.3) is 0 Å². The van der Waals surface area contributed by atoms with Crippen LogP contribution in [0.3, 0.4) is 0 Å². The third kappa shape index (κ3) is 3.69. The van der Waals surface area contributed by atoms with E-state index in [0.29, 0.717) is 18.0 Å². The monoisotopic (exact) mass is 310 g/mol. The van der Waals surface area contributed by atoms with Crippen LogP contribution in [0, 0.1) is 6.92 Å². The van der Waals surface area contributed by atoms with Gasteiger partial charge in [0.25, 0.3) is 0 Å². The van der Waals surface area contributed by atoms with E-state index in [1.54, 1.807) is 13.0 Å². The van der Waals surface area contributed by atoms with Crippen LogP contribution < -0.4 is 10.1 Å². The number of rotatable bonds is 3. The Kier molecular flexibility index (Phi) is 4.28. The van der Waals surface area contributed by atoms with Crippen molar-refractivity contribution in [2.24, 2.45) is 5.16 Å². The highest BCUT2D eigenvalue weighted by atomic mass is 16.7. The van der Waals surface area contributed by atoms with Crippen molar-refractivity contribution in [1.82, 2.24) is 0 Å². The molecule has 118 valence electrons. The van der Waals surface area contributed by atoms with Crippen LogP contribution in [0.2, 0.25) is 0 Å². The molecule has 0 unspecified atom stereocenters. The third-order valence-corrected chi connectivity index (χ3v) is 3.64. The SMILES string of the molecule is CC(=NOC(=O)Nc1cccc(C)c1)c1ccc2c(c1)CCO2. The first kappa shape index (κ1) is 15.1. The highest BCUT2D eigenvalue weighted by Crippen LogP contribution is 2.26. The zero-order valence-electron chi connectivity index (χ0n) is 13.1. The standard InChI is InChI=1S/C18H18N2O3/c1-12-4-3-5-16(10-12)19-18(21)23-20-13(2)14-6-7-17-15(11-14)8-9-22-17/h3-7,10-11H,8-9H2,1-2H3,(H,19,21). The summed E-state index contributed by atoms with van der Waals surface area (Å²) in [6.45, 7) is 4.47. The van der Waals surface area contributed by atoms with Crippen molar-refractivity contribution in [2.75, 3.05) is 11.9 Å². The summed E-state index contributed by atoms with van der Waals surface area (Å²) in [6, 6.07) is 13.3. The number of ether oxygens (including phenoxy) is 1. The Morgan fingerprint density at radius 1 is 1.26 bits per heavy atom. The van der Waals surface area contributed by atoms with Crippen molar-refractivity contribution in [1.29, 1.82) is 0 Å². The number of benzene rings is 2. The summed E-state index contributed by atoms with van der Waals surface area (Å²) in [5.74, 6) is 0.916. The van der Waals surface area contributed by atoms with E-state index in [4.69, 9.17) is 9.57 Å². The minimum Gasteiger partial charge on any atom is -0.493 e. The topological polar surface area (TPSA) is 59.9 Å². The van der Waals surface area contributed by atoms with Crippen LogP contribution in [-0.2, 0) is 11.3 Å². The van der Waals surface area contributed by atoms with Crippen LogP contribution >= 0.6 is 0 Å². The van der Waals surface area contributed by atoms with E-state index in [0.717, 1.165) is 28.9 Å². The highest BCUT2D eigenvalue weighted by molar-refractivity contribution is 5.99. The van der Waals surface area contributed by atoms with Crippen molar-refractivity contribution in [3.63, 3.8) is 0 Å². The first-order valence-corrected chi connectivity index (χ1v) is 7.47. The van der Waals surface area contributed by atoms with E-state index in [-0.39, 0.29) is 0 Å². The van der Waals surface area contributed by atoms with Crippen LogP contribution in [0.4, 0.5) is 10.5 Å². The van der Waals surface area contributed by atoms with Gasteiger partial charge in [0.05, 0.1) is 12.3 Å². The molecule has 5 heteroatoms. The van der Waals surface area contributed by atoms with E-state index in [1.165, 1.54) is 0 Å². The third-order valence-electron chi connectivity index (χ3n) is 3.64. The molecule has 1 aliphatic heterocycles. The molecule has 1 aliphatic rings. The Balaban J connectivity index is 1.63. The van der Waals surface area contributed by atoms with Gasteiger partial charge in [-0.25, -0.2) is 4.79 Å². The average molecular weight is 310 g/mol. The lowest BCUT2D eigenvalue weighted by Gasteiger charge is -2.05. The highest BCUT2D eigenvalue weighted by Gasteiger charge is 2.13. The molecule has 0 spiro atoms. The van der Waals surface area contributed by atoms with Crippen LogP contribution in [0.1, 0.15) is 23.6 Å². The molecule has 23 heavy (non-hydrogen) atoms. The average Bonchev–Trinajstić information content (AvgIpc) is 3.00. The summed E-state index contributed by atoms with van der Waals surface area (Å²) in [5.41, 5.74) is 4.44. The van der Waals surface area contributed by atoms with Crippen LogP contribution in [-0.4, -0.2) is 18.4 Å². The Hall–Kier alpha value is -2.82. The number of nitrogens with one attached hydrogen (secondary N) is 1. The van der Waals surface area contributed by atoms with E-state index < -0.39 is 6.09 Å². The fourth-order valence-corrected chi connectivity index (χ4v) is 2.44. The van der Waals surface area contributed by atoms with Gasteiger partial charge >= 0.3 is 6.09 Å². The number of nitrogens with zero attached hydrogens (tertiary/aromatic N) is 1. The Morgan fingerprint density at radius 2 is 2.13 bits per heavy atom. The number of fused-ring (bicyclic) bond motifs is 1. The Labute approximate surface area is 134 Å². The molecule has 0 radical (unpaired) electrons. The van der Waals surface area contributed by atoms with Crippen molar-refractivity contribution in [3.8, 4) is 5.75 Å². The van der Waals surface area contributed by atoms with Gasteiger partial charge in [0.2, 0.25) is 0 Å². The minimum atomic E-state index is -0.612. The molecule has 0 atom stereocenters. The molecule has 0 aromatic heterocycles. The second-order valence-electron chi connectivity index (χ2n) is 5.47. The lowest BCUT2D eigenvalue weighted by Crippen LogP contribution is -2.12. The molecule has 0 bridgehead atoms. The van der Waals surface area contributed by atoms with Gasteiger partial charge in [-0.3, -0.25) is 10.2 Å². The Morgan fingerprint density at radius 3 is 2.96 bits per heavy atom. The quantitative estimate of drug-likeness (QED) is 0.531. The molecule has 5 nitrogen and oxygen atoms in total. The first-order valence-electron chi connectivity index (χ1n) is 7.47. The largest absolute Gasteiger partial charge is 0.493 e. The van der Waals surface area contributed by atoms with Gasteiger partial charge in [-0.05, 0) is 60.9 Å². The summed E-state index contributed by atoms with van der Waals surface area (Å²) in [4.78, 5) is 16.7. The molecule has 3 rings (SSSR count). The van der Waals surface area contributed by atoms with Crippen LogP contribution in [0.5, 0.6) is 5.75 Å². The number of hydrogen-bond acceptors (Lipinski definition) is 4. The molecular weight excluding hydrogens is 292 g/mol. The van der Waals surface area contributed by atoms with Gasteiger partial charge in [-0.2, -0.15) is 0 Å². The molecule has 0 fully saturated rings. The molecule has 2 aromatic rings. The van der Waals surface area contributed by atoms with Gasteiger partial charge < -0.3 is 4.74 Å². The van der Waals surface area contributed by atoms with Gasteiger partial charge in [0.15, 0.2) is 0 Å². The fraction of sp³-hybridized carbons (Fsp3) is 0.222. The number of carbonyl (C=O) groups is 1.